The predicted octanol–water partition coefficient (Wildman–Crippen LogP) is 2.09. The van der Waals surface area contributed by atoms with E-state index in [1.54, 1.807) is 24.3 Å². The van der Waals surface area contributed by atoms with Crippen LogP contribution in [0.3, 0.4) is 0 Å². The molecule has 3 N–H and O–H groups in total. The lowest BCUT2D eigenvalue weighted by molar-refractivity contribution is 0.497. The average Bonchev–Trinajstić information content (AvgIpc) is 3.23. The van der Waals surface area contributed by atoms with Crippen molar-refractivity contribution in [2.24, 2.45) is 0 Å². The zero-order chi connectivity index (χ0) is 19.2. The molecule has 3 heterocycles. The van der Waals surface area contributed by atoms with Crippen molar-refractivity contribution in [2.45, 2.75) is 23.3 Å². The van der Waals surface area contributed by atoms with E-state index in [9.17, 15) is 13.2 Å². The highest BCUT2D eigenvalue weighted by Crippen LogP contribution is 2.34. The van der Waals surface area contributed by atoms with Crippen LogP contribution in [0.4, 0.5) is 5.82 Å². The maximum atomic E-state index is 13.3. The molecule has 3 aromatic heterocycles. The summed E-state index contributed by atoms with van der Waals surface area (Å²) in [6.07, 6.45) is 2.79. The quantitative estimate of drug-likeness (QED) is 0.555. The standard InChI is InChI=1S/C18H16N4O4S/c1-11-4-6-13(7-5-11)27(24,25)16-14-9-20-21-18(23)15(14)22(17(16)19)10-12-3-2-8-26-12/h2-9H,10,19H2,1H3,(H,21,23). The summed E-state index contributed by atoms with van der Waals surface area (Å²) in [5.74, 6) is 0.495. The van der Waals surface area contributed by atoms with Gasteiger partial charge in [-0.25, -0.2) is 13.5 Å². The molecular formula is C18H16N4O4S. The number of aromatic nitrogens is 3. The van der Waals surface area contributed by atoms with Crippen LogP contribution in [0.15, 0.2) is 67.9 Å². The number of anilines is 1. The summed E-state index contributed by atoms with van der Waals surface area (Å²) >= 11 is 0. The normalized spacial score (nSPS) is 11.9. The predicted molar refractivity (Wildman–Crippen MR) is 99.2 cm³/mol. The topological polar surface area (TPSA) is 124 Å². The first-order chi connectivity index (χ1) is 12.9. The minimum Gasteiger partial charge on any atom is -0.467 e. The summed E-state index contributed by atoms with van der Waals surface area (Å²) in [7, 11) is -3.96. The summed E-state index contributed by atoms with van der Waals surface area (Å²) in [4.78, 5) is 12.3. The first-order valence-corrected chi connectivity index (χ1v) is 9.57. The van der Waals surface area contributed by atoms with Crippen molar-refractivity contribution in [3.8, 4) is 0 Å². The fourth-order valence-corrected chi connectivity index (χ4v) is 4.60. The SMILES string of the molecule is Cc1ccc(S(=O)(=O)c2c(N)n(Cc3ccco3)c3c(=O)[nH]ncc23)cc1. The largest absolute Gasteiger partial charge is 0.467 e. The number of rotatable bonds is 4. The number of H-pyrrole nitrogens is 1. The van der Waals surface area contributed by atoms with Crippen molar-refractivity contribution in [3.63, 3.8) is 0 Å². The highest BCUT2D eigenvalue weighted by atomic mass is 32.2. The van der Waals surface area contributed by atoms with Crippen molar-refractivity contribution in [1.29, 1.82) is 0 Å². The third kappa shape index (κ3) is 2.72. The number of nitrogens with two attached hydrogens (primary N) is 1. The Morgan fingerprint density at radius 1 is 1.22 bits per heavy atom. The monoisotopic (exact) mass is 384 g/mol. The summed E-state index contributed by atoms with van der Waals surface area (Å²) in [5, 5.41) is 6.25. The number of aryl methyl sites for hydroxylation is 1. The molecule has 4 aromatic rings. The van der Waals surface area contributed by atoms with Crippen LogP contribution in [0, 0.1) is 6.92 Å². The van der Waals surface area contributed by atoms with Crippen LogP contribution in [0.25, 0.3) is 10.9 Å². The molecule has 4 rings (SSSR count). The molecule has 0 unspecified atom stereocenters. The van der Waals surface area contributed by atoms with Crippen LogP contribution in [0.5, 0.6) is 0 Å². The van der Waals surface area contributed by atoms with Gasteiger partial charge in [0.05, 0.1) is 23.9 Å². The second kappa shape index (κ2) is 6.13. The maximum Gasteiger partial charge on any atom is 0.288 e. The van der Waals surface area contributed by atoms with Gasteiger partial charge in [-0.1, -0.05) is 17.7 Å². The Kier molecular flexibility index (Phi) is 3.88. The van der Waals surface area contributed by atoms with Crippen LogP contribution < -0.4 is 11.3 Å². The Hall–Kier alpha value is -3.33. The van der Waals surface area contributed by atoms with E-state index in [2.05, 4.69) is 10.2 Å². The fourth-order valence-electron chi connectivity index (χ4n) is 3.05. The highest BCUT2D eigenvalue weighted by Gasteiger charge is 2.29. The molecule has 0 aliphatic rings. The van der Waals surface area contributed by atoms with Gasteiger partial charge in [0.25, 0.3) is 5.56 Å². The number of sulfone groups is 1. The Labute approximate surface area is 154 Å². The molecule has 0 aliphatic heterocycles. The molecule has 0 amide bonds. The van der Waals surface area contributed by atoms with Crippen LogP contribution in [-0.2, 0) is 16.4 Å². The van der Waals surface area contributed by atoms with E-state index in [-0.39, 0.29) is 33.1 Å². The summed E-state index contributed by atoms with van der Waals surface area (Å²) < 4.78 is 33.2. The van der Waals surface area contributed by atoms with E-state index < -0.39 is 15.4 Å². The third-order valence-electron chi connectivity index (χ3n) is 4.36. The van der Waals surface area contributed by atoms with Crippen LogP contribution in [-0.4, -0.2) is 23.2 Å². The lowest BCUT2D eigenvalue weighted by atomic mass is 10.2. The van der Waals surface area contributed by atoms with Gasteiger partial charge in [0.1, 0.15) is 22.0 Å². The fraction of sp³-hybridized carbons (Fsp3) is 0.111. The lowest BCUT2D eigenvalue weighted by Gasteiger charge is -2.07. The van der Waals surface area contributed by atoms with E-state index in [0.29, 0.717) is 5.76 Å². The zero-order valence-electron chi connectivity index (χ0n) is 14.3. The number of benzene rings is 1. The molecule has 0 aliphatic carbocycles. The van der Waals surface area contributed by atoms with Gasteiger partial charge >= 0.3 is 0 Å². The van der Waals surface area contributed by atoms with E-state index >= 15 is 0 Å². The van der Waals surface area contributed by atoms with Gasteiger partial charge < -0.3 is 14.7 Å². The number of nitrogens with one attached hydrogen (secondary N) is 1. The van der Waals surface area contributed by atoms with Gasteiger partial charge in [-0.2, -0.15) is 5.10 Å². The molecule has 1 aromatic carbocycles. The molecule has 9 heteroatoms. The van der Waals surface area contributed by atoms with Crippen molar-refractivity contribution in [1.82, 2.24) is 14.8 Å². The summed E-state index contributed by atoms with van der Waals surface area (Å²) in [6.45, 7) is 1.98. The second-order valence-electron chi connectivity index (χ2n) is 6.16. The Bertz CT molecular complexity index is 1280. The summed E-state index contributed by atoms with van der Waals surface area (Å²) in [5.41, 5.74) is 6.75. The molecule has 8 nitrogen and oxygen atoms in total. The smallest absolute Gasteiger partial charge is 0.288 e. The average molecular weight is 384 g/mol. The van der Waals surface area contributed by atoms with E-state index in [0.717, 1.165) is 5.56 Å². The van der Waals surface area contributed by atoms with Gasteiger partial charge in [-0.3, -0.25) is 4.79 Å². The number of nitrogens with zero attached hydrogens (tertiary/aromatic N) is 2. The minimum absolute atomic E-state index is 0.0412. The molecule has 0 radical (unpaired) electrons. The number of hydrogen-bond donors (Lipinski definition) is 2. The lowest BCUT2D eigenvalue weighted by Crippen LogP contribution is -2.13. The Morgan fingerprint density at radius 2 is 1.96 bits per heavy atom. The van der Waals surface area contributed by atoms with E-state index in [1.165, 1.54) is 29.2 Å². The van der Waals surface area contributed by atoms with Gasteiger partial charge in [0.15, 0.2) is 0 Å². The minimum atomic E-state index is -3.96. The molecule has 0 saturated heterocycles. The Morgan fingerprint density at radius 3 is 2.63 bits per heavy atom. The molecule has 0 atom stereocenters. The molecule has 27 heavy (non-hydrogen) atoms. The molecule has 0 bridgehead atoms. The molecular weight excluding hydrogens is 368 g/mol. The van der Waals surface area contributed by atoms with Crippen LogP contribution >= 0.6 is 0 Å². The second-order valence-corrected chi connectivity index (χ2v) is 8.04. The first kappa shape index (κ1) is 17.1. The van der Waals surface area contributed by atoms with E-state index in [4.69, 9.17) is 10.2 Å². The summed E-state index contributed by atoms with van der Waals surface area (Å²) in [6, 6.07) is 9.86. The highest BCUT2D eigenvalue weighted by molar-refractivity contribution is 7.92. The van der Waals surface area contributed by atoms with E-state index in [1.807, 2.05) is 6.92 Å². The van der Waals surface area contributed by atoms with Crippen LogP contribution in [0.2, 0.25) is 0 Å². The Balaban J connectivity index is 2.01. The number of fused-ring (bicyclic) bond motifs is 1. The van der Waals surface area contributed by atoms with Crippen LogP contribution in [0.1, 0.15) is 11.3 Å². The van der Waals surface area contributed by atoms with Crippen molar-refractivity contribution >= 4 is 26.6 Å². The maximum absolute atomic E-state index is 13.3. The van der Waals surface area contributed by atoms with Gasteiger partial charge in [0.2, 0.25) is 9.84 Å². The van der Waals surface area contributed by atoms with Crippen molar-refractivity contribution in [3.05, 3.63) is 70.5 Å². The van der Waals surface area contributed by atoms with Gasteiger partial charge in [0, 0.05) is 5.39 Å². The van der Waals surface area contributed by atoms with Crippen molar-refractivity contribution < 1.29 is 12.8 Å². The number of hydrogen-bond acceptors (Lipinski definition) is 6. The first-order valence-electron chi connectivity index (χ1n) is 8.09. The molecule has 0 fully saturated rings. The van der Waals surface area contributed by atoms with Crippen molar-refractivity contribution in [2.75, 3.05) is 5.73 Å². The third-order valence-corrected chi connectivity index (χ3v) is 6.22. The molecule has 0 spiro atoms. The number of furan rings is 1. The van der Waals surface area contributed by atoms with Gasteiger partial charge in [-0.15, -0.1) is 0 Å². The molecule has 0 saturated carbocycles. The number of nitrogen functional groups attached to an aromatic ring is 1. The van der Waals surface area contributed by atoms with Gasteiger partial charge in [-0.05, 0) is 31.2 Å². The molecule has 138 valence electrons. The zero-order valence-corrected chi connectivity index (χ0v) is 15.2. The number of aromatic amines is 1.